The van der Waals surface area contributed by atoms with Crippen LogP contribution in [0.2, 0.25) is 4.34 Å². The Morgan fingerprint density at radius 1 is 1.57 bits per heavy atom. The molecular formula is C10H11ClO2S. The maximum atomic E-state index is 9.99. The summed E-state index contributed by atoms with van der Waals surface area (Å²) in [5, 5.41) is 11.9. The molecule has 1 unspecified atom stereocenters. The fourth-order valence-electron chi connectivity index (χ4n) is 1.48. The molecular weight excluding hydrogens is 220 g/mol. The zero-order valence-corrected chi connectivity index (χ0v) is 9.14. The van der Waals surface area contributed by atoms with Crippen LogP contribution in [0.5, 0.6) is 0 Å². The predicted octanol–water partition coefficient (Wildman–Crippen LogP) is 3.13. The minimum atomic E-state index is -0.603. The lowest BCUT2D eigenvalue weighted by Gasteiger charge is -2.18. The molecule has 1 atom stereocenters. The quantitative estimate of drug-likeness (QED) is 0.846. The molecule has 14 heavy (non-hydrogen) atoms. The van der Waals surface area contributed by atoms with Crippen molar-refractivity contribution in [2.45, 2.75) is 18.9 Å². The smallest absolute Gasteiger partial charge is 0.106 e. The molecule has 1 aromatic heterocycles. The van der Waals surface area contributed by atoms with Gasteiger partial charge in [0.05, 0.1) is 17.2 Å². The zero-order chi connectivity index (χ0) is 9.97. The monoisotopic (exact) mass is 230 g/mol. The fraction of sp³-hybridized carbons (Fsp3) is 0.400. The number of thiophene rings is 1. The lowest BCUT2D eigenvalue weighted by atomic mass is 10.0. The highest BCUT2D eigenvalue weighted by molar-refractivity contribution is 7.14. The Kier molecular flexibility index (Phi) is 3.11. The second-order valence-electron chi connectivity index (χ2n) is 3.22. The van der Waals surface area contributed by atoms with Crippen LogP contribution in [0.4, 0.5) is 0 Å². The van der Waals surface area contributed by atoms with E-state index in [2.05, 4.69) is 0 Å². The van der Waals surface area contributed by atoms with E-state index in [0.717, 1.165) is 30.6 Å². The molecule has 2 heterocycles. The van der Waals surface area contributed by atoms with E-state index in [4.69, 9.17) is 16.3 Å². The van der Waals surface area contributed by atoms with Gasteiger partial charge < -0.3 is 9.84 Å². The van der Waals surface area contributed by atoms with Gasteiger partial charge in [-0.05, 0) is 29.9 Å². The van der Waals surface area contributed by atoms with Crippen molar-refractivity contribution in [1.82, 2.24) is 0 Å². The number of halogens is 1. The summed E-state index contributed by atoms with van der Waals surface area (Å²) >= 11 is 7.38. The van der Waals surface area contributed by atoms with Crippen molar-refractivity contribution >= 4 is 22.9 Å². The van der Waals surface area contributed by atoms with Crippen LogP contribution < -0.4 is 0 Å². The number of rotatable bonds is 2. The van der Waals surface area contributed by atoms with Gasteiger partial charge in [-0.1, -0.05) is 11.6 Å². The highest BCUT2D eigenvalue weighted by Crippen LogP contribution is 2.34. The minimum Gasteiger partial charge on any atom is -0.501 e. The molecule has 0 amide bonds. The van der Waals surface area contributed by atoms with Crippen LogP contribution in [-0.4, -0.2) is 11.7 Å². The van der Waals surface area contributed by atoms with Gasteiger partial charge in [-0.25, -0.2) is 0 Å². The Hall–Kier alpha value is -0.510. The minimum absolute atomic E-state index is 0.603. The van der Waals surface area contributed by atoms with E-state index in [9.17, 15) is 5.11 Å². The Morgan fingerprint density at radius 3 is 3.00 bits per heavy atom. The van der Waals surface area contributed by atoms with E-state index >= 15 is 0 Å². The average Bonchev–Trinajstić information content (AvgIpc) is 2.65. The maximum absolute atomic E-state index is 9.99. The lowest BCUT2D eigenvalue weighted by molar-refractivity contribution is 0.171. The summed E-state index contributed by atoms with van der Waals surface area (Å²) in [5.74, 6) is 0. The summed E-state index contributed by atoms with van der Waals surface area (Å²) in [5.41, 5.74) is 1.70. The van der Waals surface area contributed by atoms with Gasteiger partial charge in [0, 0.05) is 5.56 Å². The summed E-state index contributed by atoms with van der Waals surface area (Å²) in [7, 11) is 0. The Bertz CT molecular complexity index is 346. The van der Waals surface area contributed by atoms with Crippen LogP contribution in [0.1, 0.15) is 24.5 Å². The third kappa shape index (κ3) is 1.95. The lowest BCUT2D eigenvalue weighted by Crippen LogP contribution is -2.07. The van der Waals surface area contributed by atoms with E-state index < -0.39 is 6.10 Å². The summed E-state index contributed by atoms with van der Waals surface area (Å²) in [6.07, 6.45) is 2.90. The van der Waals surface area contributed by atoms with Gasteiger partial charge in [0.25, 0.3) is 0 Å². The average molecular weight is 231 g/mol. The summed E-state index contributed by atoms with van der Waals surface area (Å²) in [4.78, 5) is 0. The van der Waals surface area contributed by atoms with E-state index in [-0.39, 0.29) is 0 Å². The number of hydrogen-bond acceptors (Lipinski definition) is 3. The second kappa shape index (κ2) is 4.34. The van der Waals surface area contributed by atoms with Crippen molar-refractivity contribution in [3.05, 3.63) is 33.2 Å². The first-order chi connectivity index (χ1) is 6.79. The van der Waals surface area contributed by atoms with Crippen molar-refractivity contribution < 1.29 is 9.84 Å². The van der Waals surface area contributed by atoms with Crippen LogP contribution in [-0.2, 0) is 4.74 Å². The van der Waals surface area contributed by atoms with Gasteiger partial charge in [0.1, 0.15) is 6.10 Å². The van der Waals surface area contributed by atoms with Gasteiger partial charge in [-0.15, -0.1) is 11.3 Å². The first-order valence-corrected chi connectivity index (χ1v) is 5.76. The molecule has 0 aliphatic carbocycles. The van der Waals surface area contributed by atoms with Crippen LogP contribution in [0, 0.1) is 0 Å². The molecule has 0 fully saturated rings. The molecule has 4 heteroatoms. The largest absolute Gasteiger partial charge is 0.501 e. The van der Waals surface area contributed by atoms with Gasteiger partial charge >= 0.3 is 0 Å². The van der Waals surface area contributed by atoms with E-state index in [1.54, 1.807) is 6.26 Å². The number of aliphatic hydroxyl groups is 1. The van der Waals surface area contributed by atoms with Crippen LogP contribution in [0.3, 0.4) is 0 Å². The van der Waals surface area contributed by atoms with Gasteiger partial charge in [-0.3, -0.25) is 0 Å². The topological polar surface area (TPSA) is 29.5 Å². The van der Waals surface area contributed by atoms with E-state index in [1.807, 2.05) is 11.4 Å². The van der Waals surface area contributed by atoms with Gasteiger partial charge in [0.15, 0.2) is 0 Å². The van der Waals surface area contributed by atoms with Crippen molar-refractivity contribution in [3.63, 3.8) is 0 Å². The molecule has 1 aromatic rings. The van der Waals surface area contributed by atoms with Crippen molar-refractivity contribution in [1.29, 1.82) is 0 Å². The third-order valence-electron chi connectivity index (χ3n) is 2.25. The molecule has 0 saturated carbocycles. The van der Waals surface area contributed by atoms with Crippen LogP contribution >= 0.6 is 22.9 Å². The summed E-state index contributed by atoms with van der Waals surface area (Å²) in [6, 6.07) is 1.85. The molecule has 1 aliphatic rings. The molecule has 2 nitrogen and oxygen atoms in total. The molecule has 1 aliphatic heterocycles. The standard InChI is InChI=1S/C10H11ClO2S/c11-10-8(3-5-14-10)9(12)7-2-1-4-13-6-7/h3,5-6,9,12H,1-2,4H2. The highest BCUT2D eigenvalue weighted by Gasteiger charge is 2.19. The normalized spacial score (nSPS) is 18.6. The maximum Gasteiger partial charge on any atom is 0.106 e. The molecule has 1 N–H and O–H groups in total. The molecule has 0 spiro atoms. The fourth-order valence-corrected chi connectivity index (χ4v) is 2.46. The predicted molar refractivity (Wildman–Crippen MR) is 57.6 cm³/mol. The van der Waals surface area contributed by atoms with Gasteiger partial charge in [0.2, 0.25) is 0 Å². The van der Waals surface area contributed by atoms with Crippen LogP contribution in [0.25, 0.3) is 0 Å². The zero-order valence-electron chi connectivity index (χ0n) is 7.57. The number of hydrogen-bond donors (Lipinski definition) is 1. The Labute approximate surface area is 91.8 Å². The Morgan fingerprint density at radius 2 is 2.43 bits per heavy atom. The van der Waals surface area contributed by atoms with Crippen molar-refractivity contribution in [2.24, 2.45) is 0 Å². The first-order valence-electron chi connectivity index (χ1n) is 4.50. The van der Waals surface area contributed by atoms with Gasteiger partial charge in [-0.2, -0.15) is 0 Å². The van der Waals surface area contributed by atoms with Crippen LogP contribution in [0.15, 0.2) is 23.3 Å². The van der Waals surface area contributed by atoms with Crippen molar-refractivity contribution in [2.75, 3.05) is 6.61 Å². The molecule has 0 radical (unpaired) electrons. The molecule has 0 saturated heterocycles. The number of aliphatic hydroxyl groups excluding tert-OH is 1. The molecule has 0 bridgehead atoms. The van der Waals surface area contributed by atoms with E-state index in [0.29, 0.717) is 4.34 Å². The summed E-state index contributed by atoms with van der Waals surface area (Å²) < 4.78 is 5.84. The number of ether oxygens (including phenoxy) is 1. The van der Waals surface area contributed by atoms with Crippen molar-refractivity contribution in [3.8, 4) is 0 Å². The summed E-state index contributed by atoms with van der Waals surface area (Å²) in [6.45, 7) is 0.744. The highest BCUT2D eigenvalue weighted by atomic mass is 35.5. The van der Waals surface area contributed by atoms with E-state index in [1.165, 1.54) is 11.3 Å². The first kappa shape index (κ1) is 10.0. The molecule has 76 valence electrons. The molecule has 2 rings (SSSR count). The molecule has 0 aromatic carbocycles. The second-order valence-corrected chi connectivity index (χ2v) is 4.74. The third-order valence-corrected chi connectivity index (χ3v) is 3.45. The Balaban J connectivity index is 2.19. The SMILES string of the molecule is OC(C1=COCCC1)c1ccsc1Cl.